The summed E-state index contributed by atoms with van der Waals surface area (Å²) in [5.41, 5.74) is 1.78. The predicted octanol–water partition coefficient (Wildman–Crippen LogP) is 3.18. The van der Waals surface area contributed by atoms with Crippen molar-refractivity contribution in [3.8, 4) is 11.4 Å². The molecule has 1 atom stereocenters. The molecule has 1 unspecified atom stereocenters. The molecule has 3 saturated heterocycles. The first-order valence-corrected chi connectivity index (χ1v) is 8.50. The van der Waals surface area contributed by atoms with Crippen molar-refractivity contribution >= 4 is 10.9 Å². The molecule has 0 spiro atoms. The van der Waals surface area contributed by atoms with E-state index in [-0.39, 0.29) is 5.82 Å². The van der Waals surface area contributed by atoms with Gasteiger partial charge in [0, 0.05) is 36.3 Å². The Labute approximate surface area is 139 Å². The average Bonchev–Trinajstić information content (AvgIpc) is 3.21. The Morgan fingerprint density at radius 3 is 2.83 bits per heavy atom. The monoisotopic (exact) mass is 326 g/mol. The maximum atomic E-state index is 13.7. The van der Waals surface area contributed by atoms with Gasteiger partial charge in [0.1, 0.15) is 5.82 Å². The second kappa shape index (κ2) is 5.14. The maximum absolute atomic E-state index is 13.7. The molecule has 24 heavy (non-hydrogen) atoms. The van der Waals surface area contributed by atoms with Crippen molar-refractivity contribution < 1.29 is 8.91 Å². The van der Waals surface area contributed by atoms with Crippen LogP contribution in [0.5, 0.6) is 0 Å². The number of rotatable bonds is 2. The van der Waals surface area contributed by atoms with E-state index in [1.807, 2.05) is 17.8 Å². The van der Waals surface area contributed by atoms with E-state index in [0.29, 0.717) is 17.7 Å². The molecule has 0 amide bonds. The summed E-state index contributed by atoms with van der Waals surface area (Å²) in [5.74, 6) is 2.01. The largest absolute Gasteiger partial charge is 0.350 e. The van der Waals surface area contributed by atoms with E-state index in [0.717, 1.165) is 28.9 Å². The number of fused-ring (bicyclic) bond motifs is 4. The van der Waals surface area contributed by atoms with Crippen molar-refractivity contribution in [1.82, 2.24) is 19.6 Å². The van der Waals surface area contributed by atoms with Crippen molar-refractivity contribution in [2.24, 2.45) is 13.0 Å². The van der Waals surface area contributed by atoms with Crippen LogP contribution in [0.15, 0.2) is 28.9 Å². The van der Waals surface area contributed by atoms with Crippen molar-refractivity contribution in [2.75, 3.05) is 19.6 Å². The van der Waals surface area contributed by atoms with E-state index in [2.05, 4.69) is 15.0 Å². The van der Waals surface area contributed by atoms with Crippen LogP contribution in [-0.2, 0) is 7.05 Å². The summed E-state index contributed by atoms with van der Waals surface area (Å²) in [4.78, 5) is 7.15. The minimum absolute atomic E-state index is 0.254. The molecule has 2 aromatic heterocycles. The maximum Gasteiger partial charge on any atom is 0.231 e. The third-order valence-electron chi connectivity index (χ3n) is 5.61. The van der Waals surface area contributed by atoms with E-state index < -0.39 is 0 Å². The summed E-state index contributed by atoms with van der Waals surface area (Å²) in [6.07, 6.45) is 4.36. The van der Waals surface area contributed by atoms with Crippen molar-refractivity contribution in [1.29, 1.82) is 0 Å². The van der Waals surface area contributed by atoms with Crippen molar-refractivity contribution in [2.45, 2.75) is 18.8 Å². The van der Waals surface area contributed by atoms with Gasteiger partial charge in [-0.3, -0.25) is 0 Å². The van der Waals surface area contributed by atoms with Gasteiger partial charge in [0.15, 0.2) is 0 Å². The van der Waals surface area contributed by atoms with Gasteiger partial charge >= 0.3 is 0 Å². The van der Waals surface area contributed by atoms with Crippen LogP contribution in [0.2, 0.25) is 0 Å². The molecule has 1 aromatic carbocycles. The normalized spacial score (nSPS) is 26.3. The zero-order valence-corrected chi connectivity index (χ0v) is 13.6. The van der Waals surface area contributed by atoms with E-state index in [1.54, 1.807) is 6.07 Å². The SMILES string of the molecule is Cn1cc(-c2noc(C3CN4CCC3CC4)n2)c2cc(F)ccc21. The van der Waals surface area contributed by atoms with Crippen LogP contribution < -0.4 is 0 Å². The fraction of sp³-hybridized carbons (Fsp3) is 0.444. The van der Waals surface area contributed by atoms with Gasteiger partial charge in [0.05, 0.1) is 5.92 Å². The zero-order chi connectivity index (χ0) is 16.3. The molecular formula is C18H19FN4O. The topological polar surface area (TPSA) is 47.1 Å². The minimum Gasteiger partial charge on any atom is -0.350 e. The smallest absolute Gasteiger partial charge is 0.231 e. The third-order valence-corrected chi connectivity index (χ3v) is 5.61. The van der Waals surface area contributed by atoms with Gasteiger partial charge in [0.25, 0.3) is 0 Å². The quantitative estimate of drug-likeness (QED) is 0.726. The number of piperidine rings is 3. The molecule has 5 heterocycles. The van der Waals surface area contributed by atoms with Crippen LogP contribution in [0, 0.1) is 11.7 Å². The minimum atomic E-state index is -0.254. The highest BCUT2D eigenvalue weighted by Gasteiger charge is 2.38. The zero-order valence-electron chi connectivity index (χ0n) is 13.6. The third kappa shape index (κ3) is 2.09. The lowest BCUT2D eigenvalue weighted by atomic mass is 9.79. The van der Waals surface area contributed by atoms with Gasteiger partial charge in [-0.25, -0.2) is 4.39 Å². The van der Waals surface area contributed by atoms with Gasteiger partial charge in [0.2, 0.25) is 11.7 Å². The fourth-order valence-electron chi connectivity index (χ4n) is 4.28. The molecule has 0 aliphatic carbocycles. The van der Waals surface area contributed by atoms with Crippen LogP contribution in [-0.4, -0.2) is 39.2 Å². The van der Waals surface area contributed by atoms with Crippen molar-refractivity contribution in [3.63, 3.8) is 0 Å². The molecule has 2 bridgehead atoms. The van der Waals surface area contributed by atoms with Crippen LogP contribution in [0.25, 0.3) is 22.3 Å². The molecule has 3 aromatic rings. The van der Waals surface area contributed by atoms with Gasteiger partial charge in [-0.15, -0.1) is 0 Å². The summed E-state index contributed by atoms with van der Waals surface area (Å²) in [5, 5.41) is 5.02. The number of hydrogen-bond donors (Lipinski definition) is 0. The van der Waals surface area contributed by atoms with Crippen LogP contribution in [0.1, 0.15) is 24.7 Å². The first kappa shape index (κ1) is 14.2. The Kier molecular flexibility index (Phi) is 3.03. The Balaban J connectivity index is 1.55. The molecule has 5 nitrogen and oxygen atoms in total. The lowest BCUT2D eigenvalue weighted by Crippen LogP contribution is -2.46. The highest BCUT2D eigenvalue weighted by Crippen LogP contribution is 2.39. The molecule has 6 heteroatoms. The lowest BCUT2D eigenvalue weighted by molar-refractivity contribution is 0.0727. The molecular weight excluding hydrogens is 307 g/mol. The second-order valence-corrected chi connectivity index (χ2v) is 7.02. The summed E-state index contributed by atoms with van der Waals surface area (Å²) in [7, 11) is 1.94. The molecule has 3 aliphatic rings. The van der Waals surface area contributed by atoms with E-state index in [9.17, 15) is 4.39 Å². The Morgan fingerprint density at radius 2 is 2.08 bits per heavy atom. The van der Waals surface area contributed by atoms with Crippen LogP contribution in [0.3, 0.4) is 0 Å². The molecule has 6 rings (SSSR count). The predicted molar refractivity (Wildman–Crippen MR) is 88.1 cm³/mol. The van der Waals surface area contributed by atoms with Gasteiger partial charge in [-0.05, 0) is 50.0 Å². The second-order valence-electron chi connectivity index (χ2n) is 7.02. The standard InChI is InChI=1S/C18H19FN4O/c1-22-9-15(13-8-12(19)2-3-16(13)22)17-20-18(24-21-17)14-10-23-6-4-11(14)5-7-23/h2-3,8-9,11,14H,4-7,10H2,1H3. The van der Waals surface area contributed by atoms with Crippen molar-refractivity contribution in [3.05, 3.63) is 36.1 Å². The van der Waals surface area contributed by atoms with Crippen LogP contribution >= 0.6 is 0 Å². The number of hydrogen-bond acceptors (Lipinski definition) is 4. The molecule has 3 fully saturated rings. The Morgan fingerprint density at radius 1 is 1.25 bits per heavy atom. The summed E-state index contributed by atoms with van der Waals surface area (Å²) in [6, 6.07) is 4.79. The summed E-state index contributed by atoms with van der Waals surface area (Å²) < 4.78 is 21.2. The Bertz CT molecular complexity index is 907. The number of benzene rings is 1. The lowest BCUT2D eigenvalue weighted by Gasteiger charge is -2.43. The molecule has 0 saturated carbocycles. The molecule has 0 radical (unpaired) electrons. The van der Waals surface area contributed by atoms with Gasteiger partial charge in [-0.1, -0.05) is 5.16 Å². The number of aryl methyl sites for hydroxylation is 1. The average molecular weight is 326 g/mol. The fourth-order valence-corrected chi connectivity index (χ4v) is 4.28. The van der Waals surface area contributed by atoms with E-state index in [1.165, 1.54) is 38.1 Å². The first-order valence-electron chi connectivity index (χ1n) is 8.50. The number of aromatic nitrogens is 3. The van der Waals surface area contributed by atoms with Crippen LogP contribution in [0.4, 0.5) is 4.39 Å². The van der Waals surface area contributed by atoms with E-state index in [4.69, 9.17) is 4.52 Å². The molecule has 0 N–H and O–H groups in total. The van der Waals surface area contributed by atoms with Gasteiger partial charge < -0.3 is 14.0 Å². The highest BCUT2D eigenvalue weighted by molar-refractivity contribution is 5.94. The summed E-state index contributed by atoms with van der Waals surface area (Å²) >= 11 is 0. The summed E-state index contributed by atoms with van der Waals surface area (Å²) in [6.45, 7) is 3.38. The molecule has 3 aliphatic heterocycles. The number of halogens is 1. The highest BCUT2D eigenvalue weighted by atomic mass is 19.1. The Hall–Kier alpha value is -2.21. The first-order chi connectivity index (χ1) is 11.7. The number of nitrogens with zero attached hydrogens (tertiary/aromatic N) is 4. The van der Waals surface area contributed by atoms with Gasteiger partial charge in [-0.2, -0.15) is 4.98 Å². The molecule has 124 valence electrons. The van der Waals surface area contributed by atoms with E-state index >= 15 is 0 Å².